The van der Waals surface area contributed by atoms with Crippen molar-refractivity contribution in [2.24, 2.45) is 5.92 Å². The van der Waals surface area contributed by atoms with Crippen LogP contribution in [0.5, 0.6) is 0 Å². The number of nitrogens with one attached hydrogen (secondary N) is 1. The average Bonchev–Trinajstić information content (AvgIpc) is 2.35. The Hall–Kier alpha value is -0.860. The van der Waals surface area contributed by atoms with E-state index in [4.69, 9.17) is 4.74 Å². The van der Waals surface area contributed by atoms with E-state index < -0.39 is 0 Å². The molecule has 0 saturated heterocycles. The van der Waals surface area contributed by atoms with Gasteiger partial charge < -0.3 is 10.1 Å². The van der Waals surface area contributed by atoms with E-state index in [2.05, 4.69) is 43.4 Å². The Morgan fingerprint density at radius 3 is 2.76 bits per heavy atom. The molecule has 1 aromatic rings. The molecule has 1 atom stereocenters. The van der Waals surface area contributed by atoms with Crippen molar-refractivity contribution in [2.75, 3.05) is 26.8 Å². The predicted molar refractivity (Wildman–Crippen MR) is 73.4 cm³/mol. The van der Waals surface area contributed by atoms with Crippen LogP contribution in [0.15, 0.2) is 24.3 Å². The summed E-state index contributed by atoms with van der Waals surface area (Å²) in [5.41, 5.74) is 2.88. The fraction of sp³-hybridized carbons (Fsp3) is 0.600. The molecule has 2 heteroatoms. The summed E-state index contributed by atoms with van der Waals surface area (Å²) < 4.78 is 5.01. The normalized spacial score (nSPS) is 12.6. The van der Waals surface area contributed by atoms with Crippen LogP contribution >= 0.6 is 0 Å². The van der Waals surface area contributed by atoms with Gasteiger partial charge in [-0.2, -0.15) is 0 Å². The first-order chi connectivity index (χ1) is 8.26. The van der Waals surface area contributed by atoms with E-state index in [0.29, 0.717) is 5.92 Å². The summed E-state index contributed by atoms with van der Waals surface area (Å²) in [6, 6.07) is 8.92. The fourth-order valence-electron chi connectivity index (χ4n) is 1.97. The molecule has 17 heavy (non-hydrogen) atoms. The second-order valence-electron chi connectivity index (χ2n) is 4.68. The first-order valence-electron chi connectivity index (χ1n) is 6.53. The zero-order valence-electron chi connectivity index (χ0n) is 11.3. The fourth-order valence-corrected chi connectivity index (χ4v) is 1.97. The maximum atomic E-state index is 5.01. The molecule has 1 unspecified atom stereocenters. The third-order valence-corrected chi connectivity index (χ3v) is 2.96. The maximum absolute atomic E-state index is 5.01. The van der Waals surface area contributed by atoms with Crippen molar-refractivity contribution in [3.8, 4) is 0 Å². The van der Waals surface area contributed by atoms with Crippen molar-refractivity contribution in [2.45, 2.75) is 26.7 Å². The quantitative estimate of drug-likeness (QED) is 0.699. The molecule has 1 N–H and O–H groups in total. The molecule has 0 aliphatic carbocycles. The Balaban J connectivity index is 2.31. The number of aryl methyl sites for hydroxylation is 1. The molecule has 0 aliphatic rings. The topological polar surface area (TPSA) is 21.3 Å². The van der Waals surface area contributed by atoms with Crippen LogP contribution in [-0.2, 0) is 17.6 Å². The van der Waals surface area contributed by atoms with Gasteiger partial charge in [0, 0.05) is 13.7 Å². The molecular weight excluding hydrogens is 210 g/mol. The summed E-state index contributed by atoms with van der Waals surface area (Å²) in [7, 11) is 1.74. The molecule has 0 saturated carbocycles. The summed E-state index contributed by atoms with van der Waals surface area (Å²) in [4.78, 5) is 0. The van der Waals surface area contributed by atoms with Crippen LogP contribution < -0.4 is 5.32 Å². The molecule has 0 aliphatic heterocycles. The van der Waals surface area contributed by atoms with Gasteiger partial charge in [-0.3, -0.25) is 0 Å². The van der Waals surface area contributed by atoms with Crippen LogP contribution in [0.25, 0.3) is 0 Å². The van der Waals surface area contributed by atoms with Gasteiger partial charge in [0.05, 0.1) is 6.61 Å². The van der Waals surface area contributed by atoms with Crippen molar-refractivity contribution >= 4 is 0 Å². The first-order valence-corrected chi connectivity index (χ1v) is 6.53. The van der Waals surface area contributed by atoms with E-state index in [1.807, 2.05) is 0 Å². The lowest BCUT2D eigenvalue weighted by Crippen LogP contribution is -2.25. The van der Waals surface area contributed by atoms with Gasteiger partial charge in [0.15, 0.2) is 0 Å². The van der Waals surface area contributed by atoms with E-state index in [9.17, 15) is 0 Å². The lowest BCUT2D eigenvalue weighted by molar-refractivity contribution is 0.198. The van der Waals surface area contributed by atoms with Gasteiger partial charge in [0.2, 0.25) is 0 Å². The molecule has 0 fully saturated rings. The van der Waals surface area contributed by atoms with E-state index in [0.717, 1.165) is 32.5 Å². The van der Waals surface area contributed by atoms with E-state index in [-0.39, 0.29) is 0 Å². The Morgan fingerprint density at radius 2 is 2.06 bits per heavy atom. The Bertz CT molecular complexity index is 312. The van der Waals surface area contributed by atoms with Crippen LogP contribution in [0, 0.1) is 5.92 Å². The van der Waals surface area contributed by atoms with Crippen molar-refractivity contribution < 1.29 is 4.74 Å². The van der Waals surface area contributed by atoms with Crippen LogP contribution in [0.1, 0.15) is 25.0 Å². The Morgan fingerprint density at radius 1 is 1.29 bits per heavy atom. The molecule has 96 valence electrons. The van der Waals surface area contributed by atoms with Gasteiger partial charge in [-0.1, -0.05) is 38.1 Å². The largest absolute Gasteiger partial charge is 0.383 e. The SMILES string of the molecule is CCc1cccc(CC(C)CNCCOC)c1. The van der Waals surface area contributed by atoms with Crippen molar-refractivity contribution in [1.82, 2.24) is 5.32 Å². The molecule has 0 aromatic heterocycles. The van der Waals surface area contributed by atoms with E-state index >= 15 is 0 Å². The van der Waals surface area contributed by atoms with Gasteiger partial charge >= 0.3 is 0 Å². The summed E-state index contributed by atoms with van der Waals surface area (Å²) in [5, 5.41) is 3.41. The predicted octanol–water partition coefficient (Wildman–Crippen LogP) is 2.66. The number of ether oxygens (including phenoxy) is 1. The minimum Gasteiger partial charge on any atom is -0.383 e. The molecule has 1 aromatic carbocycles. The highest BCUT2D eigenvalue weighted by molar-refractivity contribution is 5.23. The zero-order chi connectivity index (χ0) is 12.5. The third kappa shape index (κ3) is 5.85. The van der Waals surface area contributed by atoms with Gasteiger partial charge in [-0.25, -0.2) is 0 Å². The summed E-state index contributed by atoms with van der Waals surface area (Å²) in [5.74, 6) is 0.666. The molecule has 0 amide bonds. The zero-order valence-corrected chi connectivity index (χ0v) is 11.3. The summed E-state index contributed by atoms with van der Waals surface area (Å²) >= 11 is 0. The molecule has 0 spiro atoms. The highest BCUT2D eigenvalue weighted by Crippen LogP contribution is 2.11. The number of benzene rings is 1. The monoisotopic (exact) mass is 235 g/mol. The van der Waals surface area contributed by atoms with Gasteiger partial charge in [0.1, 0.15) is 0 Å². The van der Waals surface area contributed by atoms with Gasteiger partial charge in [0.25, 0.3) is 0 Å². The van der Waals surface area contributed by atoms with E-state index in [1.165, 1.54) is 11.1 Å². The van der Waals surface area contributed by atoms with Crippen LogP contribution in [0.3, 0.4) is 0 Å². The molecule has 0 radical (unpaired) electrons. The van der Waals surface area contributed by atoms with Gasteiger partial charge in [-0.05, 0) is 36.4 Å². The summed E-state index contributed by atoms with van der Waals surface area (Å²) in [6.45, 7) is 7.28. The first kappa shape index (κ1) is 14.2. The third-order valence-electron chi connectivity index (χ3n) is 2.96. The Labute approximate surface area is 105 Å². The molecular formula is C15H25NO. The minimum absolute atomic E-state index is 0.666. The van der Waals surface area contributed by atoms with Crippen LogP contribution in [0.2, 0.25) is 0 Å². The Kier molecular flexibility index (Phi) is 6.90. The highest BCUT2D eigenvalue weighted by atomic mass is 16.5. The highest BCUT2D eigenvalue weighted by Gasteiger charge is 2.03. The lowest BCUT2D eigenvalue weighted by atomic mass is 9.99. The number of hydrogen-bond donors (Lipinski definition) is 1. The average molecular weight is 235 g/mol. The molecule has 0 bridgehead atoms. The second kappa shape index (κ2) is 8.26. The van der Waals surface area contributed by atoms with Crippen LogP contribution in [0.4, 0.5) is 0 Å². The van der Waals surface area contributed by atoms with E-state index in [1.54, 1.807) is 7.11 Å². The molecule has 2 nitrogen and oxygen atoms in total. The van der Waals surface area contributed by atoms with Crippen molar-refractivity contribution in [3.63, 3.8) is 0 Å². The lowest BCUT2D eigenvalue weighted by Gasteiger charge is -2.13. The minimum atomic E-state index is 0.666. The van der Waals surface area contributed by atoms with Crippen molar-refractivity contribution in [1.29, 1.82) is 0 Å². The number of methoxy groups -OCH3 is 1. The second-order valence-corrected chi connectivity index (χ2v) is 4.68. The number of hydrogen-bond acceptors (Lipinski definition) is 2. The smallest absolute Gasteiger partial charge is 0.0587 e. The molecule has 1 rings (SSSR count). The molecule has 0 heterocycles. The standard InChI is InChI=1S/C15H25NO/c1-4-14-6-5-7-15(11-14)10-13(2)12-16-8-9-17-3/h5-7,11,13,16H,4,8-10,12H2,1-3H3. The van der Waals surface area contributed by atoms with Crippen LogP contribution in [-0.4, -0.2) is 26.8 Å². The number of rotatable bonds is 8. The maximum Gasteiger partial charge on any atom is 0.0587 e. The van der Waals surface area contributed by atoms with Gasteiger partial charge in [-0.15, -0.1) is 0 Å². The summed E-state index contributed by atoms with van der Waals surface area (Å²) in [6.07, 6.45) is 2.27. The van der Waals surface area contributed by atoms with Crippen molar-refractivity contribution in [3.05, 3.63) is 35.4 Å².